The first-order chi connectivity index (χ1) is 6.09. The Balaban J connectivity index is 2.55. The van der Waals surface area contributed by atoms with Crippen molar-refractivity contribution in [1.29, 1.82) is 0 Å². The van der Waals surface area contributed by atoms with Crippen LogP contribution in [0.5, 0.6) is 0 Å². The molecule has 1 aromatic heterocycles. The second-order valence-electron chi connectivity index (χ2n) is 2.57. The van der Waals surface area contributed by atoms with Crippen molar-refractivity contribution in [2.24, 2.45) is 0 Å². The fourth-order valence-electron chi connectivity index (χ4n) is 0.919. The molecule has 0 aliphatic rings. The minimum absolute atomic E-state index is 0.0363. The summed E-state index contributed by atoms with van der Waals surface area (Å²) in [5, 5.41) is 19.1. The normalized spacial score (nSPS) is 12.7. The third-order valence-corrected chi connectivity index (χ3v) is 2.16. The predicted molar refractivity (Wildman–Crippen MR) is 46.8 cm³/mol. The van der Waals surface area contributed by atoms with Crippen LogP contribution in [0.25, 0.3) is 0 Å². The van der Waals surface area contributed by atoms with E-state index < -0.39 is 12.1 Å². The van der Waals surface area contributed by atoms with Crippen molar-refractivity contribution in [3.63, 3.8) is 0 Å². The lowest BCUT2D eigenvalue weighted by atomic mass is 10.2. The number of carboxylic acid groups (broad SMARTS) is 1. The van der Waals surface area contributed by atoms with Gasteiger partial charge in [-0.2, -0.15) is 0 Å². The quantitative estimate of drug-likeness (QED) is 0.707. The topological polar surface area (TPSA) is 79.5 Å². The highest BCUT2D eigenvalue weighted by Crippen LogP contribution is 1.97. The largest absolute Gasteiger partial charge is 0.481 e. The maximum absolute atomic E-state index is 11.0. The van der Waals surface area contributed by atoms with Crippen LogP contribution in [0.1, 0.15) is 6.42 Å². The van der Waals surface area contributed by atoms with E-state index in [4.69, 9.17) is 5.11 Å². The highest BCUT2D eigenvalue weighted by atomic mass is 32.1. The summed E-state index contributed by atoms with van der Waals surface area (Å²) in [4.78, 5) is 21.0. The Morgan fingerprint density at radius 1 is 1.69 bits per heavy atom. The minimum atomic E-state index is -1.07. The van der Waals surface area contributed by atoms with Crippen LogP contribution in [0.4, 0.5) is 0 Å². The Morgan fingerprint density at radius 3 is 2.85 bits per heavy atom. The first-order valence-corrected chi connectivity index (χ1v) is 4.51. The second-order valence-corrected chi connectivity index (χ2v) is 3.43. The minimum Gasteiger partial charge on any atom is -0.481 e. The van der Waals surface area contributed by atoms with Crippen LogP contribution in [-0.2, 0) is 11.3 Å². The van der Waals surface area contributed by atoms with Crippen LogP contribution < -0.4 is 4.87 Å². The molecular formula is C7H9NO4S. The second kappa shape index (κ2) is 4.20. The van der Waals surface area contributed by atoms with Crippen LogP contribution in [0, 0.1) is 0 Å². The van der Waals surface area contributed by atoms with Gasteiger partial charge in [-0.25, -0.2) is 0 Å². The van der Waals surface area contributed by atoms with Gasteiger partial charge in [0.15, 0.2) is 0 Å². The molecule has 0 aromatic carbocycles. The number of nitrogens with zero attached hydrogens (tertiary/aromatic N) is 1. The van der Waals surface area contributed by atoms with E-state index in [1.165, 1.54) is 10.8 Å². The van der Waals surface area contributed by atoms with Crippen molar-refractivity contribution in [2.75, 3.05) is 0 Å². The lowest BCUT2D eigenvalue weighted by Gasteiger charge is -2.06. The standard InChI is InChI=1S/C7H9NO4S/c9-5(3-6(10)11)4-8-1-2-13-7(8)12/h1-2,5,9H,3-4H2,(H,10,11). The van der Waals surface area contributed by atoms with Crippen molar-refractivity contribution in [1.82, 2.24) is 4.57 Å². The first kappa shape index (κ1) is 9.94. The Bertz CT molecular complexity index is 342. The van der Waals surface area contributed by atoms with Gasteiger partial charge >= 0.3 is 10.8 Å². The van der Waals surface area contributed by atoms with Gasteiger partial charge in [0.1, 0.15) is 0 Å². The fraction of sp³-hybridized carbons (Fsp3) is 0.429. The van der Waals surface area contributed by atoms with Gasteiger partial charge < -0.3 is 14.8 Å². The van der Waals surface area contributed by atoms with E-state index in [0.717, 1.165) is 11.3 Å². The third kappa shape index (κ3) is 3.00. The van der Waals surface area contributed by atoms with Crippen LogP contribution in [0.2, 0.25) is 0 Å². The van der Waals surface area contributed by atoms with E-state index in [-0.39, 0.29) is 17.8 Å². The van der Waals surface area contributed by atoms with E-state index in [1.54, 1.807) is 5.38 Å². The number of carbonyl (C=O) groups is 1. The summed E-state index contributed by atoms with van der Waals surface area (Å²) in [5.74, 6) is -1.07. The molecule has 1 atom stereocenters. The Morgan fingerprint density at radius 2 is 2.38 bits per heavy atom. The zero-order chi connectivity index (χ0) is 9.84. The SMILES string of the molecule is O=C(O)CC(O)Cn1ccsc1=O. The molecule has 0 radical (unpaired) electrons. The van der Waals surface area contributed by atoms with E-state index >= 15 is 0 Å². The zero-order valence-corrected chi connectivity index (χ0v) is 7.53. The molecule has 1 heterocycles. The molecule has 0 bridgehead atoms. The summed E-state index contributed by atoms with van der Waals surface area (Å²) < 4.78 is 1.29. The van der Waals surface area contributed by atoms with Gasteiger partial charge in [0.05, 0.1) is 19.1 Å². The average Bonchev–Trinajstić information content (AvgIpc) is 2.34. The van der Waals surface area contributed by atoms with Gasteiger partial charge in [0, 0.05) is 11.6 Å². The maximum Gasteiger partial charge on any atom is 0.307 e. The molecule has 0 fully saturated rings. The molecule has 0 spiro atoms. The Labute approximate surface area is 77.9 Å². The number of aliphatic hydroxyl groups is 1. The monoisotopic (exact) mass is 203 g/mol. The number of hydrogen-bond donors (Lipinski definition) is 2. The number of carboxylic acids is 1. The molecule has 13 heavy (non-hydrogen) atoms. The molecule has 72 valence electrons. The maximum atomic E-state index is 11.0. The van der Waals surface area contributed by atoms with E-state index in [1.807, 2.05) is 0 Å². The van der Waals surface area contributed by atoms with Gasteiger partial charge in [0.25, 0.3) is 0 Å². The van der Waals surface area contributed by atoms with Crippen LogP contribution in [0.15, 0.2) is 16.4 Å². The van der Waals surface area contributed by atoms with Gasteiger partial charge in [-0.3, -0.25) is 9.59 Å². The summed E-state index contributed by atoms with van der Waals surface area (Å²) in [7, 11) is 0. The van der Waals surface area contributed by atoms with Crippen molar-refractivity contribution in [3.8, 4) is 0 Å². The Hall–Kier alpha value is -1.14. The van der Waals surface area contributed by atoms with E-state index in [2.05, 4.69) is 0 Å². The molecule has 0 aliphatic carbocycles. The van der Waals surface area contributed by atoms with Gasteiger partial charge in [0.2, 0.25) is 0 Å². The molecular weight excluding hydrogens is 194 g/mol. The summed E-state index contributed by atoms with van der Waals surface area (Å²) in [5.41, 5.74) is 0. The van der Waals surface area contributed by atoms with Crippen molar-refractivity contribution >= 4 is 17.3 Å². The number of aliphatic carboxylic acids is 1. The van der Waals surface area contributed by atoms with Gasteiger partial charge in [-0.15, -0.1) is 0 Å². The highest BCUT2D eigenvalue weighted by molar-refractivity contribution is 7.07. The van der Waals surface area contributed by atoms with Gasteiger partial charge in [-0.05, 0) is 0 Å². The van der Waals surface area contributed by atoms with Crippen molar-refractivity contribution < 1.29 is 15.0 Å². The summed E-state index contributed by atoms with van der Waals surface area (Å²) in [6.07, 6.45) is 0.171. The van der Waals surface area contributed by atoms with Crippen LogP contribution >= 0.6 is 11.3 Å². The molecule has 1 unspecified atom stereocenters. The lowest BCUT2D eigenvalue weighted by molar-refractivity contribution is -0.139. The van der Waals surface area contributed by atoms with Crippen molar-refractivity contribution in [3.05, 3.63) is 21.2 Å². The number of aliphatic hydroxyl groups excluding tert-OH is 1. The number of aromatic nitrogens is 1. The Kier molecular flexibility index (Phi) is 3.21. The molecule has 1 aromatic rings. The highest BCUT2D eigenvalue weighted by Gasteiger charge is 2.10. The summed E-state index contributed by atoms with van der Waals surface area (Å²) >= 11 is 1.01. The number of thiazole rings is 1. The average molecular weight is 203 g/mol. The fourth-order valence-corrected chi connectivity index (χ4v) is 1.51. The first-order valence-electron chi connectivity index (χ1n) is 3.63. The van der Waals surface area contributed by atoms with Gasteiger partial charge in [-0.1, -0.05) is 11.3 Å². The van der Waals surface area contributed by atoms with Crippen LogP contribution in [-0.4, -0.2) is 26.9 Å². The lowest BCUT2D eigenvalue weighted by Crippen LogP contribution is -2.24. The zero-order valence-electron chi connectivity index (χ0n) is 6.71. The molecule has 2 N–H and O–H groups in total. The molecule has 0 aliphatic heterocycles. The molecule has 0 amide bonds. The predicted octanol–water partition coefficient (Wildman–Crippen LogP) is -0.255. The summed E-state index contributed by atoms with van der Waals surface area (Å²) in [6, 6.07) is 0. The summed E-state index contributed by atoms with van der Waals surface area (Å²) in [6.45, 7) is 0.0363. The number of rotatable bonds is 4. The van der Waals surface area contributed by atoms with Crippen LogP contribution in [0.3, 0.4) is 0 Å². The molecule has 0 saturated carbocycles. The van der Waals surface area contributed by atoms with E-state index in [0.29, 0.717) is 0 Å². The van der Waals surface area contributed by atoms with E-state index in [9.17, 15) is 14.7 Å². The molecule has 0 saturated heterocycles. The number of hydrogen-bond acceptors (Lipinski definition) is 4. The smallest absolute Gasteiger partial charge is 0.307 e. The molecule has 1 rings (SSSR count). The molecule has 5 nitrogen and oxygen atoms in total. The third-order valence-electron chi connectivity index (χ3n) is 1.46. The van der Waals surface area contributed by atoms with Crippen molar-refractivity contribution in [2.45, 2.75) is 19.1 Å². The molecule has 6 heteroatoms.